The number of unbranched alkanes of at least 4 members (excludes halogenated alkanes) is 2. The molecule has 1 rings (SSSR count). The van der Waals surface area contributed by atoms with Crippen molar-refractivity contribution in [2.45, 2.75) is 26.2 Å². The average Bonchev–Trinajstić information content (AvgIpc) is 2.20. The first kappa shape index (κ1) is 10.7. The van der Waals surface area contributed by atoms with Gasteiger partial charge in [-0.15, -0.1) is 0 Å². The zero-order valence-corrected chi connectivity index (χ0v) is 8.61. The van der Waals surface area contributed by atoms with Gasteiger partial charge in [0.25, 0.3) is 0 Å². The Hall–Kier alpha value is -1.38. The van der Waals surface area contributed by atoms with E-state index in [0.29, 0.717) is 5.69 Å². The van der Waals surface area contributed by atoms with Crippen LogP contribution < -0.4 is 5.73 Å². The fraction of sp³-hybridized carbons (Fsp3) is 0.455. The molecule has 0 atom stereocenters. The Balaban J connectivity index is 2.40. The topological polar surface area (TPSA) is 50.7 Å². The molecule has 1 aromatic carbocycles. The Bertz CT molecular complexity index is 294. The fourth-order valence-corrected chi connectivity index (χ4v) is 1.14. The van der Waals surface area contributed by atoms with Crippen molar-refractivity contribution in [2.75, 3.05) is 12.3 Å². The summed E-state index contributed by atoms with van der Waals surface area (Å²) in [5.41, 5.74) is 7.16. The van der Waals surface area contributed by atoms with E-state index in [2.05, 4.69) is 17.2 Å². The first-order valence-electron chi connectivity index (χ1n) is 5.06. The largest absolute Gasteiger partial charge is 0.397 e. The molecule has 0 saturated carbocycles. The third-order valence-corrected chi connectivity index (χ3v) is 1.98. The molecule has 0 saturated heterocycles. The van der Waals surface area contributed by atoms with Crippen molar-refractivity contribution >= 4 is 11.4 Å². The Kier molecular flexibility index (Phi) is 4.69. The fourth-order valence-electron chi connectivity index (χ4n) is 1.14. The van der Waals surface area contributed by atoms with Crippen molar-refractivity contribution in [1.29, 1.82) is 0 Å². The van der Waals surface area contributed by atoms with Gasteiger partial charge in [-0.2, -0.15) is 10.2 Å². The summed E-state index contributed by atoms with van der Waals surface area (Å²) in [4.78, 5) is 0. The molecule has 0 amide bonds. The van der Waals surface area contributed by atoms with Gasteiger partial charge >= 0.3 is 0 Å². The number of hydrogen-bond acceptors (Lipinski definition) is 3. The summed E-state index contributed by atoms with van der Waals surface area (Å²) in [5, 5.41) is 8.16. The number of para-hydroxylation sites is 1. The summed E-state index contributed by atoms with van der Waals surface area (Å²) < 4.78 is 0. The second kappa shape index (κ2) is 6.13. The van der Waals surface area contributed by atoms with Gasteiger partial charge in [-0.1, -0.05) is 31.9 Å². The van der Waals surface area contributed by atoms with Gasteiger partial charge in [-0.05, 0) is 18.6 Å². The summed E-state index contributed by atoms with van der Waals surface area (Å²) in [6, 6.07) is 7.52. The molecule has 3 nitrogen and oxygen atoms in total. The van der Waals surface area contributed by atoms with E-state index >= 15 is 0 Å². The third-order valence-electron chi connectivity index (χ3n) is 1.98. The van der Waals surface area contributed by atoms with Crippen LogP contribution in [0.4, 0.5) is 11.4 Å². The standard InChI is InChI=1S/C11H17N3/c1-2-3-6-9-13-14-11-8-5-4-7-10(11)12/h4-5,7-8H,2-3,6,9,12H2,1H3. The summed E-state index contributed by atoms with van der Waals surface area (Å²) in [6.07, 6.45) is 3.53. The first-order valence-corrected chi connectivity index (χ1v) is 5.06. The number of nitrogens with zero attached hydrogens (tertiary/aromatic N) is 2. The lowest BCUT2D eigenvalue weighted by molar-refractivity contribution is 0.713. The average molecular weight is 191 g/mol. The van der Waals surface area contributed by atoms with E-state index in [1.807, 2.05) is 24.3 Å². The highest BCUT2D eigenvalue weighted by Crippen LogP contribution is 2.20. The van der Waals surface area contributed by atoms with Crippen LogP contribution in [0.5, 0.6) is 0 Å². The van der Waals surface area contributed by atoms with E-state index in [0.717, 1.165) is 18.7 Å². The molecular weight excluding hydrogens is 174 g/mol. The molecule has 14 heavy (non-hydrogen) atoms. The van der Waals surface area contributed by atoms with E-state index < -0.39 is 0 Å². The molecule has 0 radical (unpaired) electrons. The molecule has 0 spiro atoms. The van der Waals surface area contributed by atoms with Gasteiger partial charge in [0.15, 0.2) is 0 Å². The second-order valence-electron chi connectivity index (χ2n) is 3.23. The highest BCUT2D eigenvalue weighted by atomic mass is 15.1. The van der Waals surface area contributed by atoms with Crippen molar-refractivity contribution in [3.05, 3.63) is 24.3 Å². The van der Waals surface area contributed by atoms with Crippen LogP contribution in [0.1, 0.15) is 26.2 Å². The Morgan fingerprint density at radius 3 is 2.71 bits per heavy atom. The molecule has 0 aliphatic carbocycles. The molecule has 0 fully saturated rings. The summed E-state index contributed by atoms with van der Waals surface area (Å²) in [7, 11) is 0. The molecule has 0 aromatic heterocycles. The van der Waals surface area contributed by atoms with Crippen molar-refractivity contribution in [3.63, 3.8) is 0 Å². The lowest BCUT2D eigenvalue weighted by atomic mass is 10.2. The van der Waals surface area contributed by atoms with Gasteiger partial charge in [-0.25, -0.2) is 0 Å². The summed E-state index contributed by atoms with van der Waals surface area (Å²) in [5.74, 6) is 0. The van der Waals surface area contributed by atoms with Crippen molar-refractivity contribution in [2.24, 2.45) is 10.2 Å². The van der Waals surface area contributed by atoms with Crippen molar-refractivity contribution in [3.8, 4) is 0 Å². The van der Waals surface area contributed by atoms with Gasteiger partial charge in [0.05, 0.1) is 12.2 Å². The van der Waals surface area contributed by atoms with E-state index in [9.17, 15) is 0 Å². The van der Waals surface area contributed by atoms with Crippen LogP contribution in [0.2, 0.25) is 0 Å². The second-order valence-corrected chi connectivity index (χ2v) is 3.23. The Morgan fingerprint density at radius 2 is 2.00 bits per heavy atom. The minimum Gasteiger partial charge on any atom is -0.397 e. The van der Waals surface area contributed by atoms with Gasteiger partial charge in [0.1, 0.15) is 5.69 Å². The summed E-state index contributed by atoms with van der Waals surface area (Å²) >= 11 is 0. The molecule has 0 aliphatic heterocycles. The van der Waals surface area contributed by atoms with Gasteiger partial charge in [-0.3, -0.25) is 0 Å². The molecule has 3 heteroatoms. The van der Waals surface area contributed by atoms with Crippen LogP contribution in [0.3, 0.4) is 0 Å². The molecule has 2 N–H and O–H groups in total. The number of nitrogen functional groups attached to an aromatic ring is 1. The van der Waals surface area contributed by atoms with Crippen LogP contribution in [0.25, 0.3) is 0 Å². The zero-order chi connectivity index (χ0) is 10.2. The van der Waals surface area contributed by atoms with Crippen molar-refractivity contribution < 1.29 is 0 Å². The highest BCUT2D eigenvalue weighted by molar-refractivity contribution is 5.61. The predicted molar refractivity (Wildman–Crippen MR) is 59.8 cm³/mol. The molecular formula is C11H17N3. The van der Waals surface area contributed by atoms with E-state index in [1.165, 1.54) is 12.8 Å². The van der Waals surface area contributed by atoms with Gasteiger partial charge < -0.3 is 5.73 Å². The quantitative estimate of drug-likeness (QED) is 0.432. The number of rotatable bonds is 5. The number of benzene rings is 1. The van der Waals surface area contributed by atoms with E-state index in [4.69, 9.17) is 5.73 Å². The molecule has 0 aliphatic rings. The Labute approximate surface area is 85.0 Å². The monoisotopic (exact) mass is 191 g/mol. The van der Waals surface area contributed by atoms with E-state index in [-0.39, 0.29) is 0 Å². The lowest BCUT2D eigenvalue weighted by Gasteiger charge is -1.96. The normalized spacial score (nSPS) is 10.9. The highest BCUT2D eigenvalue weighted by Gasteiger charge is 1.92. The van der Waals surface area contributed by atoms with Crippen LogP contribution in [-0.2, 0) is 0 Å². The van der Waals surface area contributed by atoms with Crippen LogP contribution in [0.15, 0.2) is 34.5 Å². The third kappa shape index (κ3) is 3.56. The maximum Gasteiger partial charge on any atom is 0.108 e. The molecule has 0 unspecified atom stereocenters. The molecule has 1 aromatic rings. The van der Waals surface area contributed by atoms with Crippen LogP contribution >= 0.6 is 0 Å². The molecule has 0 bridgehead atoms. The Morgan fingerprint density at radius 1 is 1.21 bits per heavy atom. The maximum absolute atomic E-state index is 5.71. The lowest BCUT2D eigenvalue weighted by Crippen LogP contribution is -1.84. The van der Waals surface area contributed by atoms with Crippen molar-refractivity contribution in [1.82, 2.24) is 0 Å². The first-order chi connectivity index (χ1) is 6.84. The molecule has 76 valence electrons. The number of hydrogen-bond donors (Lipinski definition) is 1. The number of azo groups is 1. The molecule has 0 heterocycles. The number of nitrogens with two attached hydrogens (primary N) is 1. The zero-order valence-electron chi connectivity index (χ0n) is 8.61. The SMILES string of the molecule is CCCCCN=Nc1ccccc1N. The predicted octanol–water partition coefficient (Wildman–Crippen LogP) is 3.54. The smallest absolute Gasteiger partial charge is 0.108 e. The van der Waals surface area contributed by atoms with Gasteiger partial charge in [0.2, 0.25) is 0 Å². The van der Waals surface area contributed by atoms with Crippen LogP contribution in [-0.4, -0.2) is 6.54 Å². The van der Waals surface area contributed by atoms with Crippen LogP contribution in [0, 0.1) is 0 Å². The van der Waals surface area contributed by atoms with Gasteiger partial charge in [0, 0.05) is 0 Å². The summed E-state index contributed by atoms with van der Waals surface area (Å²) in [6.45, 7) is 2.97. The van der Waals surface area contributed by atoms with E-state index in [1.54, 1.807) is 0 Å². The minimum atomic E-state index is 0.687. The number of anilines is 1. The minimum absolute atomic E-state index is 0.687. The maximum atomic E-state index is 5.71.